The summed E-state index contributed by atoms with van der Waals surface area (Å²) >= 11 is 0. The van der Waals surface area contributed by atoms with E-state index in [4.69, 9.17) is 28.4 Å². The third-order valence-electron chi connectivity index (χ3n) is 12.4. The minimum atomic E-state index is -0.483. The highest BCUT2D eigenvalue weighted by atomic mass is 16.7. The molecule has 0 bridgehead atoms. The fraction of sp³-hybridized carbons (Fsp3) is 0.865. The predicted molar refractivity (Wildman–Crippen MR) is 255 cm³/mol. The van der Waals surface area contributed by atoms with Crippen LogP contribution < -0.4 is 0 Å². The molecule has 2 aliphatic rings. The molecule has 0 aromatic carbocycles. The normalized spacial score (nSPS) is 15.6. The zero-order chi connectivity index (χ0) is 45.4. The molecule has 366 valence electrons. The maximum absolute atomic E-state index is 13.1. The van der Waals surface area contributed by atoms with Crippen molar-refractivity contribution in [3.8, 4) is 0 Å². The molecule has 0 spiro atoms. The smallest absolute Gasteiger partial charge is 0.409 e. The second-order valence-electron chi connectivity index (χ2n) is 18.1. The Hall–Kier alpha value is -2.47. The Kier molecular flexibility index (Phi) is 35.8. The first-order valence-electron chi connectivity index (χ1n) is 25.9. The second-order valence-corrected chi connectivity index (χ2v) is 18.1. The number of unbranched alkanes of at least 4 members (excludes halogenated alkanes) is 18. The summed E-state index contributed by atoms with van der Waals surface area (Å²) in [6.07, 6.45) is 37.5. The van der Waals surface area contributed by atoms with Crippen molar-refractivity contribution in [1.29, 1.82) is 0 Å². The van der Waals surface area contributed by atoms with Crippen LogP contribution in [0.1, 0.15) is 201 Å². The molecule has 0 aliphatic carbocycles. The largest absolute Gasteiger partial charge is 0.465 e. The molecule has 11 heteroatoms. The monoisotopic (exact) mass is 891 g/mol. The van der Waals surface area contributed by atoms with E-state index in [9.17, 15) is 14.4 Å². The molecule has 11 nitrogen and oxygen atoms in total. The van der Waals surface area contributed by atoms with Crippen LogP contribution >= 0.6 is 0 Å². The summed E-state index contributed by atoms with van der Waals surface area (Å²) < 4.78 is 34.9. The Balaban J connectivity index is 1.79. The van der Waals surface area contributed by atoms with Crippen molar-refractivity contribution in [2.45, 2.75) is 219 Å². The van der Waals surface area contributed by atoms with Crippen LogP contribution in [0.25, 0.3) is 0 Å². The van der Waals surface area contributed by atoms with Crippen molar-refractivity contribution >= 4 is 18.0 Å². The van der Waals surface area contributed by atoms with Crippen LogP contribution in [-0.4, -0.2) is 113 Å². The fourth-order valence-electron chi connectivity index (χ4n) is 7.96. The van der Waals surface area contributed by atoms with Gasteiger partial charge < -0.3 is 33.3 Å². The van der Waals surface area contributed by atoms with Crippen molar-refractivity contribution in [2.24, 2.45) is 5.92 Å². The van der Waals surface area contributed by atoms with Gasteiger partial charge in [-0.15, -0.1) is 0 Å². The molecule has 2 saturated heterocycles. The Morgan fingerprint density at radius 2 is 1.08 bits per heavy atom. The van der Waals surface area contributed by atoms with E-state index in [0.717, 1.165) is 110 Å². The van der Waals surface area contributed by atoms with Gasteiger partial charge in [-0.05, 0) is 64.2 Å². The number of carbonyl (C=O) groups is 3. The highest BCUT2D eigenvalue weighted by Gasteiger charge is 2.37. The molecular weight excluding hydrogens is 797 g/mol. The summed E-state index contributed by atoms with van der Waals surface area (Å²) in [5.74, 6) is -1.14. The number of esters is 2. The van der Waals surface area contributed by atoms with Crippen LogP contribution in [0.2, 0.25) is 0 Å². The van der Waals surface area contributed by atoms with Gasteiger partial charge in [0.05, 0.1) is 18.4 Å². The van der Waals surface area contributed by atoms with E-state index in [1.807, 2.05) is 0 Å². The van der Waals surface area contributed by atoms with Gasteiger partial charge in [-0.25, -0.2) is 4.79 Å². The van der Waals surface area contributed by atoms with E-state index >= 15 is 0 Å². The fourth-order valence-corrected chi connectivity index (χ4v) is 7.96. The lowest BCUT2D eigenvalue weighted by Gasteiger charge is -2.48. The van der Waals surface area contributed by atoms with E-state index in [0.29, 0.717) is 32.1 Å². The van der Waals surface area contributed by atoms with Crippen LogP contribution in [0, 0.1) is 5.92 Å². The third-order valence-corrected chi connectivity index (χ3v) is 12.4. The van der Waals surface area contributed by atoms with E-state index in [-0.39, 0.29) is 44.2 Å². The van der Waals surface area contributed by atoms with Gasteiger partial charge in [0.25, 0.3) is 0 Å². The van der Waals surface area contributed by atoms with Crippen molar-refractivity contribution in [1.82, 2.24) is 9.80 Å². The summed E-state index contributed by atoms with van der Waals surface area (Å²) in [6, 6.07) is 0.588. The Bertz CT molecular complexity index is 1150. The molecule has 0 aromatic heterocycles. The van der Waals surface area contributed by atoms with Gasteiger partial charge in [0.15, 0.2) is 6.29 Å². The molecule has 2 rings (SSSR count). The highest BCUT2D eigenvalue weighted by Crippen LogP contribution is 2.24. The minimum absolute atomic E-state index is 0.00961. The molecule has 1 amide bonds. The first kappa shape index (κ1) is 56.7. The molecule has 1 atom stereocenters. The van der Waals surface area contributed by atoms with Gasteiger partial charge in [0, 0.05) is 65.4 Å². The number of allylic oxidation sites excluding steroid dienone is 4. The zero-order valence-electron chi connectivity index (χ0n) is 40.9. The van der Waals surface area contributed by atoms with Crippen LogP contribution in [-0.2, 0) is 38.0 Å². The Labute approximate surface area is 385 Å². The van der Waals surface area contributed by atoms with Crippen LogP contribution in [0.5, 0.6) is 0 Å². The summed E-state index contributed by atoms with van der Waals surface area (Å²) in [6.45, 7) is 11.1. The molecule has 0 saturated carbocycles. The zero-order valence-corrected chi connectivity index (χ0v) is 40.9. The highest BCUT2D eigenvalue weighted by molar-refractivity contribution is 5.70. The van der Waals surface area contributed by atoms with Crippen LogP contribution in [0.3, 0.4) is 0 Å². The Morgan fingerprint density at radius 3 is 1.67 bits per heavy atom. The lowest BCUT2D eigenvalue weighted by molar-refractivity contribution is -0.161. The van der Waals surface area contributed by atoms with E-state index in [1.54, 1.807) is 11.9 Å². The average Bonchev–Trinajstić information content (AvgIpc) is 3.27. The number of nitrogens with zero attached hydrogens (tertiary/aromatic N) is 2. The minimum Gasteiger partial charge on any atom is -0.465 e. The number of ether oxygens (including phenoxy) is 6. The lowest BCUT2D eigenvalue weighted by atomic mass is 9.99. The van der Waals surface area contributed by atoms with Gasteiger partial charge in [-0.1, -0.05) is 141 Å². The average molecular weight is 891 g/mol. The maximum atomic E-state index is 13.1. The molecule has 63 heavy (non-hydrogen) atoms. The van der Waals surface area contributed by atoms with Crippen molar-refractivity contribution in [3.05, 3.63) is 24.3 Å². The number of likely N-dealkylation sites (N-methyl/N-ethyl adjacent to an activating group) is 1. The standard InChI is InChI=1S/C52H94N2O9/c1-5-8-11-14-17-18-19-20-21-22-23-24-25-26-29-32-49(55)61-43-46(45-63-52(57)53(4)48-41-54(42-48)47-35-39-58-40-36-47)44-62-50(56)33-34-51(59-37-30-27-15-12-9-6-2)60-38-31-28-16-13-10-7-3/h17-18,20-21,46-48,51H,5-16,19,22-45H2,1-4H3/b18-17-,21-20-. The van der Waals surface area contributed by atoms with Gasteiger partial charge in [0.1, 0.15) is 19.8 Å². The van der Waals surface area contributed by atoms with Crippen LogP contribution in [0.4, 0.5) is 4.79 Å². The number of amides is 1. The van der Waals surface area contributed by atoms with Crippen molar-refractivity contribution in [2.75, 3.05) is 66.4 Å². The molecule has 0 aromatic rings. The number of likely N-dealkylation sites (tertiary alicyclic amines) is 1. The number of hydrogen-bond acceptors (Lipinski definition) is 10. The maximum Gasteiger partial charge on any atom is 0.409 e. The topological polar surface area (TPSA) is 113 Å². The Morgan fingerprint density at radius 1 is 0.603 bits per heavy atom. The summed E-state index contributed by atoms with van der Waals surface area (Å²) in [7, 11) is 1.77. The number of rotatable bonds is 41. The second kappa shape index (κ2) is 39.9. The lowest BCUT2D eigenvalue weighted by Crippen LogP contribution is -2.63. The number of carbonyl (C=O) groups excluding carboxylic acids is 3. The molecule has 0 radical (unpaired) electrons. The van der Waals surface area contributed by atoms with E-state index < -0.39 is 18.3 Å². The molecule has 2 fully saturated rings. The first-order chi connectivity index (χ1) is 30.9. The van der Waals surface area contributed by atoms with E-state index in [2.05, 4.69) is 50.0 Å². The molecule has 0 N–H and O–H groups in total. The third kappa shape index (κ3) is 30.4. The van der Waals surface area contributed by atoms with E-state index in [1.165, 1.54) is 77.0 Å². The van der Waals surface area contributed by atoms with Gasteiger partial charge in [-0.3, -0.25) is 14.5 Å². The molecule has 2 heterocycles. The molecule has 2 aliphatic heterocycles. The van der Waals surface area contributed by atoms with Gasteiger partial charge in [-0.2, -0.15) is 0 Å². The quantitative estimate of drug-likeness (QED) is 0.0193. The SMILES string of the molecule is CCCCC/C=C\C/C=C\CCCCCCCC(=O)OCC(COC(=O)CCC(OCCCCCCCC)OCCCCCCCC)COC(=O)N(C)C1CN(C2CCOCC2)C1. The predicted octanol–water partition coefficient (Wildman–Crippen LogP) is 12.3. The molecular formula is C52H94N2O9. The molecule has 1 unspecified atom stereocenters. The summed E-state index contributed by atoms with van der Waals surface area (Å²) in [5, 5.41) is 0. The summed E-state index contributed by atoms with van der Waals surface area (Å²) in [5.41, 5.74) is 0. The van der Waals surface area contributed by atoms with Gasteiger partial charge in [0.2, 0.25) is 0 Å². The van der Waals surface area contributed by atoms with Crippen LogP contribution in [0.15, 0.2) is 24.3 Å². The van der Waals surface area contributed by atoms with Crippen molar-refractivity contribution < 1.29 is 42.8 Å². The van der Waals surface area contributed by atoms with Gasteiger partial charge >= 0.3 is 18.0 Å². The first-order valence-corrected chi connectivity index (χ1v) is 25.9. The number of hydrogen-bond donors (Lipinski definition) is 0. The summed E-state index contributed by atoms with van der Waals surface area (Å²) in [4.78, 5) is 43.1. The van der Waals surface area contributed by atoms with Crippen molar-refractivity contribution in [3.63, 3.8) is 0 Å².